The van der Waals surface area contributed by atoms with Crippen molar-refractivity contribution in [3.8, 4) is 45.3 Å². The third kappa shape index (κ3) is 5.44. The Morgan fingerprint density at radius 1 is 0.364 bits per heavy atom. The summed E-state index contributed by atoms with van der Waals surface area (Å²) in [5.41, 5.74) is 4.56. The van der Waals surface area contributed by atoms with Gasteiger partial charge in [-0.3, -0.25) is 0 Å². The molecule has 0 aliphatic rings. The summed E-state index contributed by atoms with van der Waals surface area (Å²) in [5.74, 6) is 3.05. The molecule has 0 saturated heterocycles. The molecule has 0 bridgehead atoms. The van der Waals surface area contributed by atoms with Gasteiger partial charge in [0.1, 0.15) is 23.0 Å². The van der Waals surface area contributed by atoms with Crippen molar-refractivity contribution in [3.05, 3.63) is 131 Å². The number of benzene rings is 5. The van der Waals surface area contributed by atoms with E-state index in [4.69, 9.17) is 9.47 Å². The lowest BCUT2D eigenvalue weighted by atomic mass is 10.1. The van der Waals surface area contributed by atoms with Gasteiger partial charge in [0.25, 0.3) is 0 Å². The maximum atomic E-state index is 6.21. The van der Waals surface area contributed by atoms with E-state index in [1.807, 2.05) is 78.9 Å². The third-order valence-corrected chi connectivity index (χ3v) is 5.82. The minimum Gasteiger partial charge on any atom is -0.457 e. The van der Waals surface area contributed by atoms with Crippen LogP contribution in [0.5, 0.6) is 23.0 Å². The first-order valence-corrected chi connectivity index (χ1v) is 11.8. The Balaban J connectivity index is 1.37. The summed E-state index contributed by atoms with van der Waals surface area (Å²) in [6.45, 7) is 0. The second-order valence-corrected chi connectivity index (χ2v) is 8.86. The van der Waals surface area contributed by atoms with Gasteiger partial charge >= 0.3 is 0 Å². The Morgan fingerprint density at radius 2 is 0.788 bits per heavy atom. The van der Waals surface area contributed by atoms with Crippen LogP contribution in [0.3, 0.4) is 0 Å². The number of hydrogen-bond acceptors (Lipinski definition) is 2. The van der Waals surface area contributed by atoms with E-state index in [9.17, 15) is 0 Å². The molecule has 5 aromatic carbocycles. The summed E-state index contributed by atoms with van der Waals surface area (Å²) >= 11 is 2.29. The van der Waals surface area contributed by atoms with Crippen LogP contribution in [-0.2, 0) is 0 Å². The van der Waals surface area contributed by atoms with E-state index in [2.05, 4.69) is 71.1 Å². The maximum Gasteiger partial charge on any atom is 0.132 e. The number of halogens is 1. The van der Waals surface area contributed by atoms with Crippen LogP contribution in [0.25, 0.3) is 22.3 Å². The van der Waals surface area contributed by atoms with Crippen LogP contribution < -0.4 is 9.47 Å². The summed E-state index contributed by atoms with van der Waals surface area (Å²) in [5, 5.41) is 0. The highest BCUT2D eigenvalue weighted by molar-refractivity contribution is 14.1. The van der Waals surface area contributed by atoms with Crippen LogP contribution in [-0.4, -0.2) is 0 Å². The van der Waals surface area contributed by atoms with Gasteiger partial charge in [-0.1, -0.05) is 84.9 Å². The highest BCUT2D eigenvalue weighted by atomic mass is 127. The molecule has 0 saturated carbocycles. The van der Waals surface area contributed by atoms with E-state index < -0.39 is 0 Å². The second-order valence-electron chi connectivity index (χ2n) is 7.61. The summed E-state index contributed by atoms with van der Waals surface area (Å²) in [4.78, 5) is 0. The molecule has 3 heteroatoms. The van der Waals surface area contributed by atoms with Gasteiger partial charge in [-0.05, 0) is 81.2 Å². The number of rotatable bonds is 6. The molecule has 0 radical (unpaired) electrons. The average Bonchev–Trinajstić information content (AvgIpc) is 2.85. The molecule has 0 heterocycles. The van der Waals surface area contributed by atoms with Gasteiger partial charge in [-0.15, -0.1) is 0 Å². The predicted octanol–water partition coefficient (Wildman–Crippen LogP) is 9.21. The van der Waals surface area contributed by atoms with Crippen LogP contribution in [0.1, 0.15) is 0 Å². The predicted molar refractivity (Wildman–Crippen MR) is 143 cm³/mol. The van der Waals surface area contributed by atoms with Crippen LogP contribution in [0, 0.1) is 3.57 Å². The lowest BCUT2D eigenvalue weighted by Gasteiger charge is -2.12. The average molecular weight is 540 g/mol. The first kappa shape index (κ1) is 21.3. The number of hydrogen-bond donors (Lipinski definition) is 0. The molecule has 33 heavy (non-hydrogen) atoms. The summed E-state index contributed by atoms with van der Waals surface area (Å²) < 4.78 is 13.5. The van der Waals surface area contributed by atoms with Crippen molar-refractivity contribution < 1.29 is 9.47 Å². The minimum atomic E-state index is 0.737. The molecule has 5 rings (SSSR count). The summed E-state index contributed by atoms with van der Waals surface area (Å²) in [7, 11) is 0. The fourth-order valence-corrected chi connectivity index (χ4v) is 4.28. The molecule has 0 aliphatic heterocycles. The van der Waals surface area contributed by atoms with Gasteiger partial charge in [-0.2, -0.15) is 0 Å². The normalized spacial score (nSPS) is 10.6. The third-order valence-electron chi connectivity index (χ3n) is 5.20. The molecule has 160 valence electrons. The van der Waals surface area contributed by atoms with Gasteiger partial charge in [0, 0.05) is 9.64 Å². The van der Waals surface area contributed by atoms with E-state index in [-0.39, 0.29) is 0 Å². The van der Waals surface area contributed by atoms with Crippen LogP contribution in [0.15, 0.2) is 127 Å². The van der Waals surface area contributed by atoms with Crippen LogP contribution in [0.2, 0.25) is 0 Å². The molecule has 0 fully saturated rings. The van der Waals surface area contributed by atoms with Gasteiger partial charge in [0.15, 0.2) is 0 Å². The Morgan fingerprint density at radius 3 is 1.24 bits per heavy atom. The molecule has 0 N–H and O–H groups in total. The van der Waals surface area contributed by atoms with Crippen molar-refractivity contribution in [3.63, 3.8) is 0 Å². The van der Waals surface area contributed by atoms with Crippen molar-refractivity contribution in [2.45, 2.75) is 0 Å². The smallest absolute Gasteiger partial charge is 0.132 e. The zero-order valence-corrected chi connectivity index (χ0v) is 20.0. The van der Waals surface area contributed by atoms with Crippen molar-refractivity contribution in [2.75, 3.05) is 0 Å². The standard InChI is InChI=1S/C30H21IO2/c31-26-19-29(32-27-15-7-13-24(17-27)22-9-3-1-4-10-22)21-30(20-26)33-28-16-8-14-25(18-28)23-11-5-2-6-12-23/h1-21H. The van der Waals surface area contributed by atoms with Gasteiger partial charge < -0.3 is 9.47 Å². The Hall–Kier alpha value is -3.57. The number of ether oxygens (including phenoxy) is 2. The van der Waals surface area contributed by atoms with Gasteiger partial charge in [0.2, 0.25) is 0 Å². The lowest BCUT2D eigenvalue weighted by molar-refractivity contribution is 0.460. The lowest BCUT2D eigenvalue weighted by Crippen LogP contribution is -1.90. The molecular formula is C30H21IO2. The zero-order chi connectivity index (χ0) is 22.5. The molecule has 0 aliphatic carbocycles. The highest BCUT2D eigenvalue weighted by Crippen LogP contribution is 2.33. The van der Waals surface area contributed by atoms with E-state index in [0.29, 0.717) is 0 Å². The van der Waals surface area contributed by atoms with E-state index in [0.717, 1.165) is 48.8 Å². The molecule has 2 nitrogen and oxygen atoms in total. The van der Waals surface area contributed by atoms with Crippen molar-refractivity contribution in [1.82, 2.24) is 0 Å². The molecule has 0 aromatic heterocycles. The van der Waals surface area contributed by atoms with Gasteiger partial charge in [-0.25, -0.2) is 0 Å². The molecule has 0 spiro atoms. The minimum absolute atomic E-state index is 0.737. The molecule has 0 atom stereocenters. The van der Waals surface area contributed by atoms with E-state index >= 15 is 0 Å². The van der Waals surface area contributed by atoms with Crippen molar-refractivity contribution in [1.29, 1.82) is 0 Å². The first-order chi connectivity index (χ1) is 16.2. The van der Waals surface area contributed by atoms with E-state index in [1.165, 1.54) is 0 Å². The zero-order valence-electron chi connectivity index (χ0n) is 17.8. The fraction of sp³-hybridized carbons (Fsp3) is 0. The fourth-order valence-electron chi connectivity index (χ4n) is 3.67. The van der Waals surface area contributed by atoms with E-state index in [1.54, 1.807) is 0 Å². The topological polar surface area (TPSA) is 18.5 Å². The van der Waals surface area contributed by atoms with Crippen LogP contribution >= 0.6 is 22.6 Å². The SMILES string of the molecule is Ic1cc(Oc2cccc(-c3ccccc3)c2)cc(Oc2cccc(-c3ccccc3)c2)c1. The molecular weight excluding hydrogens is 519 g/mol. The largest absolute Gasteiger partial charge is 0.457 e. The Bertz CT molecular complexity index is 1260. The first-order valence-electron chi connectivity index (χ1n) is 10.7. The highest BCUT2D eigenvalue weighted by Gasteiger charge is 2.07. The van der Waals surface area contributed by atoms with Crippen molar-refractivity contribution >= 4 is 22.6 Å². The van der Waals surface area contributed by atoms with Crippen LogP contribution in [0.4, 0.5) is 0 Å². The maximum absolute atomic E-state index is 6.21. The quantitative estimate of drug-likeness (QED) is 0.200. The molecule has 0 amide bonds. The Labute approximate surface area is 207 Å². The van der Waals surface area contributed by atoms with Crippen molar-refractivity contribution in [2.24, 2.45) is 0 Å². The summed E-state index contributed by atoms with van der Waals surface area (Å²) in [6.07, 6.45) is 0. The summed E-state index contributed by atoms with van der Waals surface area (Å²) in [6, 6.07) is 42.8. The second kappa shape index (κ2) is 9.92. The monoisotopic (exact) mass is 540 g/mol. The van der Waals surface area contributed by atoms with Gasteiger partial charge in [0.05, 0.1) is 0 Å². The molecule has 5 aromatic rings. The molecule has 0 unspecified atom stereocenters. The Kier molecular flexibility index (Phi) is 6.40.